The van der Waals surface area contributed by atoms with Crippen LogP contribution in [-0.4, -0.2) is 28.3 Å². The van der Waals surface area contributed by atoms with Crippen molar-refractivity contribution < 1.29 is 9.59 Å². The molecule has 0 aliphatic heterocycles. The van der Waals surface area contributed by atoms with Crippen LogP contribution in [-0.2, 0) is 11.3 Å². The van der Waals surface area contributed by atoms with E-state index < -0.39 is 0 Å². The number of aldehydes is 1. The molecule has 0 aliphatic carbocycles. The van der Waals surface area contributed by atoms with Gasteiger partial charge in [-0.25, -0.2) is 4.98 Å². The minimum Gasteiger partial charge on any atom is -0.355 e. The normalized spacial score (nSPS) is 10.4. The zero-order valence-corrected chi connectivity index (χ0v) is 9.64. The molecule has 0 fully saturated rings. The molecule has 5 nitrogen and oxygen atoms in total. The molecule has 0 aromatic carbocycles. The summed E-state index contributed by atoms with van der Waals surface area (Å²) in [6.07, 6.45) is 4.66. The maximum atomic E-state index is 11.4. The monoisotopic (exact) mass is 223 g/mol. The molecule has 0 saturated carbocycles. The summed E-state index contributed by atoms with van der Waals surface area (Å²) in [6.45, 7) is 5.11. The Balaban J connectivity index is 2.31. The number of imidazole rings is 1. The van der Waals surface area contributed by atoms with Crippen LogP contribution in [0.4, 0.5) is 0 Å². The first kappa shape index (κ1) is 12.4. The van der Waals surface area contributed by atoms with Crippen molar-refractivity contribution in [3.05, 3.63) is 18.2 Å². The van der Waals surface area contributed by atoms with E-state index in [2.05, 4.69) is 24.1 Å². The van der Waals surface area contributed by atoms with E-state index in [-0.39, 0.29) is 12.5 Å². The Morgan fingerprint density at radius 2 is 2.38 bits per heavy atom. The minimum atomic E-state index is -0.0597. The van der Waals surface area contributed by atoms with Crippen molar-refractivity contribution in [2.75, 3.05) is 6.54 Å². The van der Waals surface area contributed by atoms with E-state index in [1.165, 1.54) is 6.33 Å². The van der Waals surface area contributed by atoms with E-state index >= 15 is 0 Å². The lowest BCUT2D eigenvalue weighted by atomic mass is 10.1. The fourth-order valence-electron chi connectivity index (χ4n) is 1.25. The van der Waals surface area contributed by atoms with E-state index in [1.54, 1.807) is 10.8 Å². The van der Waals surface area contributed by atoms with Gasteiger partial charge in [0.15, 0.2) is 6.29 Å². The summed E-state index contributed by atoms with van der Waals surface area (Å²) < 4.78 is 1.59. The summed E-state index contributed by atoms with van der Waals surface area (Å²) in [4.78, 5) is 25.6. The van der Waals surface area contributed by atoms with Crippen molar-refractivity contribution in [2.45, 2.75) is 26.8 Å². The Labute approximate surface area is 94.9 Å². The van der Waals surface area contributed by atoms with Crippen LogP contribution in [0.1, 0.15) is 30.8 Å². The smallest absolute Gasteiger partial charge is 0.239 e. The van der Waals surface area contributed by atoms with Gasteiger partial charge in [-0.15, -0.1) is 0 Å². The number of carbonyl (C=O) groups excluding carboxylic acids is 2. The molecular formula is C11H17N3O2. The molecule has 0 atom stereocenters. The van der Waals surface area contributed by atoms with Crippen LogP contribution in [0, 0.1) is 5.92 Å². The third-order valence-corrected chi connectivity index (χ3v) is 2.14. The van der Waals surface area contributed by atoms with Gasteiger partial charge in [0.1, 0.15) is 12.2 Å². The van der Waals surface area contributed by atoms with Gasteiger partial charge in [-0.3, -0.25) is 9.59 Å². The highest BCUT2D eigenvalue weighted by molar-refractivity contribution is 5.76. The zero-order chi connectivity index (χ0) is 12.0. The summed E-state index contributed by atoms with van der Waals surface area (Å²) in [6, 6.07) is 0. The fourth-order valence-corrected chi connectivity index (χ4v) is 1.25. The lowest BCUT2D eigenvalue weighted by molar-refractivity contribution is -0.121. The Bertz CT molecular complexity index is 358. The van der Waals surface area contributed by atoms with Crippen LogP contribution < -0.4 is 5.32 Å². The molecule has 1 rings (SSSR count). The molecule has 1 aromatic heterocycles. The van der Waals surface area contributed by atoms with Crippen LogP contribution in [0.2, 0.25) is 0 Å². The molecule has 5 heteroatoms. The van der Waals surface area contributed by atoms with Gasteiger partial charge in [0.25, 0.3) is 0 Å². The van der Waals surface area contributed by atoms with Gasteiger partial charge in [-0.1, -0.05) is 13.8 Å². The molecule has 1 amide bonds. The molecule has 1 N–H and O–H groups in total. The molecule has 1 heterocycles. The summed E-state index contributed by atoms with van der Waals surface area (Å²) >= 11 is 0. The van der Waals surface area contributed by atoms with Crippen molar-refractivity contribution in [1.29, 1.82) is 0 Å². The lowest BCUT2D eigenvalue weighted by Gasteiger charge is -2.07. The molecule has 16 heavy (non-hydrogen) atoms. The van der Waals surface area contributed by atoms with Gasteiger partial charge in [-0.05, 0) is 12.3 Å². The molecule has 0 bridgehead atoms. The van der Waals surface area contributed by atoms with Crippen LogP contribution in [0.25, 0.3) is 0 Å². The predicted molar refractivity (Wildman–Crippen MR) is 60.1 cm³/mol. The highest BCUT2D eigenvalue weighted by Gasteiger charge is 2.03. The van der Waals surface area contributed by atoms with Crippen molar-refractivity contribution in [2.24, 2.45) is 5.92 Å². The molecule has 88 valence electrons. The number of rotatable bonds is 6. The minimum absolute atomic E-state index is 0.0597. The molecule has 1 aromatic rings. The third-order valence-electron chi connectivity index (χ3n) is 2.14. The Hall–Kier alpha value is -1.65. The van der Waals surface area contributed by atoms with Gasteiger partial charge in [-0.2, -0.15) is 0 Å². The lowest BCUT2D eigenvalue weighted by Crippen LogP contribution is -2.28. The SMILES string of the molecule is CC(C)CCNC(=O)Cn1cnc(C=O)c1. The van der Waals surface area contributed by atoms with Crippen LogP contribution in [0.3, 0.4) is 0 Å². The second kappa shape index (κ2) is 6.05. The van der Waals surface area contributed by atoms with Gasteiger partial charge < -0.3 is 9.88 Å². The Morgan fingerprint density at radius 3 is 2.94 bits per heavy atom. The van der Waals surface area contributed by atoms with Gasteiger partial charge in [0.2, 0.25) is 5.91 Å². The number of nitrogens with zero attached hydrogens (tertiary/aromatic N) is 2. The van der Waals surface area contributed by atoms with Crippen molar-refractivity contribution in [3.63, 3.8) is 0 Å². The number of hydrogen-bond donors (Lipinski definition) is 1. The maximum Gasteiger partial charge on any atom is 0.239 e. The quantitative estimate of drug-likeness (QED) is 0.727. The summed E-state index contributed by atoms with van der Waals surface area (Å²) in [7, 11) is 0. The van der Waals surface area contributed by atoms with E-state index in [0.717, 1.165) is 6.42 Å². The number of carbonyl (C=O) groups is 2. The highest BCUT2D eigenvalue weighted by atomic mass is 16.2. The number of hydrogen-bond acceptors (Lipinski definition) is 3. The summed E-state index contributed by atoms with van der Waals surface area (Å²) in [5.74, 6) is 0.519. The van der Waals surface area contributed by atoms with E-state index in [0.29, 0.717) is 24.4 Å². The summed E-state index contributed by atoms with van der Waals surface area (Å²) in [5, 5.41) is 2.81. The maximum absolute atomic E-state index is 11.4. The number of nitrogens with one attached hydrogen (secondary N) is 1. The molecular weight excluding hydrogens is 206 g/mol. The second-order valence-electron chi connectivity index (χ2n) is 4.12. The molecule has 0 saturated heterocycles. The largest absolute Gasteiger partial charge is 0.355 e. The Kier molecular flexibility index (Phi) is 4.69. The van der Waals surface area contributed by atoms with E-state index in [4.69, 9.17) is 0 Å². The van der Waals surface area contributed by atoms with Crippen LogP contribution in [0.5, 0.6) is 0 Å². The first-order valence-electron chi connectivity index (χ1n) is 5.35. The van der Waals surface area contributed by atoms with Crippen molar-refractivity contribution in [1.82, 2.24) is 14.9 Å². The fraction of sp³-hybridized carbons (Fsp3) is 0.545. The first-order chi connectivity index (χ1) is 7.61. The van der Waals surface area contributed by atoms with Crippen LogP contribution >= 0.6 is 0 Å². The van der Waals surface area contributed by atoms with Crippen LogP contribution in [0.15, 0.2) is 12.5 Å². The molecule has 0 aliphatic rings. The second-order valence-corrected chi connectivity index (χ2v) is 4.12. The topological polar surface area (TPSA) is 64.0 Å². The van der Waals surface area contributed by atoms with Crippen molar-refractivity contribution in [3.8, 4) is 0 Å². The Morgan fingerprint density at radius 1 is 1.62 bits per heavy atom. The third kappa shape index (κ3) is 4.25. The highest BCUT2D eigenvalue weighted by Crippen LogP contribution is 1.97. The van der Waals surface area contributed by atoms with Crippen molar-refractivity contribution >= 4 is 12.2 Å². The average Bonchev–Trinajstić information content (AvgIpc) is 2.65. The first-order valence-corrected chi connectivity index (χ1v) is 5.35. The standard InChI is InChI=1S/C11H17N3O2/c1-9(2)3-4-12-11(16)6-14-5-10(7-15)13-8-14/h5,7-9H,3-4,6H2,1-2H3,(H,12,16). The average molecular weight is 223 g/mol. The molecule has 0 spiro atoms. The number of amides is 1. The zero-order valence-electron chi connectivity index (χ0n) is 9.64. The molecule has 0 radical (unpaired) electrons. The summed E-state index contributed by atoms with van der Waals surface area (Å²) in [5.41, 5.74) is 0.343. The van der Waals surface area contributed by atoms with Gasteiger partial charge in [0, 0.05) is 12.7 Å². The van der Waals surface area contributed by atoms with E-state index in [1.807, 2.05) is 0 Å². The van der Waals surface area contributed by atoms with E-state index in [9.17, 15) is 9.59 Å². The molecule has 0 unspecified atom stereocenters. The predicted octanol–water partition coefficient (Wildman–Crippen LogP) is 0.858. The number of aromatic nitrogens is 2. The van der Waals surface area contributed by atoms with Gasteiger partial charge in [0.05, 0.1) is 6.33 Å². The van der Waals surface area contributed by atoms with Gasteiger partial charge >= 0.3 is 0 Å².